The van der Waals surface area contributed by atoms with Crippen LogP contribution in [-0.4, -0.2) is 35.5 Å². The highest BCUT2D eigenvalue weighted by atomic mass is 32.1. The standard InChI is InChI=1S/C19H25N3O2S/c1-2-15-8-4-5-9-17(15)24-13-18(23)21-19-20-16(14-25-19)12-22-10-6-3-7-11-22/h4-5,8-9,14H,2-3,6-7,10-13H2,1H3,(H,20,21,23). The van der Waals surface area contributed by atoms with Crippen LogP contribution in [0.2, 0.25) is 0 Å². The van der Waals surface area contributed by atoms with E-state index >= 15 is 0 Å². The number of para-hydroxylation sites is 1. The minimum atomic E-state index is -0.176. The number of amides is 1. The zero-order valence-corrected chi connectivity index (χ0v) is 15.5. The van der Waals surface area contributed by atoms with Crippen molar-refractivity contribution < 1.29 is 9.53 Å². The van der Waals surface area contributed by atoms with Gasteiger partial charge in [-0.3, -0.25) is 15.0 Å². The molecule has 1 aliphatic rings. The van der Waals surface area contributed by atoms with Crippen LogP contribution in [-0.2, 0) is 17.8 Å². The Labute approximate surface area is 153 Å². The number of benzene rings is 1. The third-order valence-electron chi connectivity index (χ3n) is 4.34. The Morgan fingerprint density at radius 1 is 1.28 bits per heavy atom. The number of hydrogen-bond donors (Lipinski definition) is 1. The Hall–Kier alpha value is -1.92. The first-order valence-corrected chi connectivity index (χ1v) is 9.80. The van der Waals surface area contributed by atoms with Crippen molar-refractivity contribution in [3.05, 3.63) is 40.9 Å². The summed E-state index contributed by atoms with van der Waals surface area (Å²) in [6.45, 7) is 5.22. The average Bonchev–Trinajstić information content (AvgIpc) is 3.07. The van der Waals surface area contributed by atoms with Gasteiger partial charge in [0.2, 0.25) is 0 Å². The van der Waals surface area contributed by atoms with Crippen LogP contribution in [0.3, 0.4) is 0 Å². The van der Waals surface area contributed by atoms with E-state index in [1.54, 1.807) is 0 Å². The first-order valence-electron chi connectivity index (χ1n) is 8.92. The molecule has 2 aromatic rings. The molecule has 1 aliphatic heterocycles. The van der Waals surface area contributed by atoms with E-state index in [-0.39, 0.29) is 12.5 Å². The van der Waals surface area contributed by atoms with Crippen LogP contribution in [0, 0.1) is 0 Å². The molecule has 1 aromatic heterocycles. The highest BCUT2D eigenvalue weighted by molar-refractivity contribution is 7.13. The third-order valence-corrected chi connectivity index (χ3v) is 5.15. The normalized spacial score (nSPS) is 15.1. The molecular formula is C19H25N3O2S. The van der Waals surface area contributed by atoms with Crippen molar-refractivity contribution in [2.45, 2.75) is 39.2 Å². The zero-order valence-electron chi connectivity index (χ0n) is 14.7. The number of piperidine rings is 1. The summed E-state index contributed by atoms with van der Waals surface area (Å²) in [4.78, 5) is 19.1. The predicted octanol–water partition coefficient (Wildman–Crippen LogP) is 3.71. The van der Waals surface area contributed by atoms with Gasteiger partial charge in [-0.15, -0.1) is 11.3 Å². The predicted molar refractivity (Wildman–Crippen MR) is 101 cm³/mol. The van der Waals surface area contributed by atoms with Crippen LogP contribution in [0.5, 0.6) is 5.75 Å². The minimum absolute atomic E-state index is 0.00193. The molecule has 5 nitrogen and oxygen atoms in total. The Balaban J connectivity index is 1.48. The van der Waals surface area contributed by atoms with Gasteiger partial charge in [0.1, 0.15) is 5.75 Å². The smallest absolute Gasteiger partial charge is 0.264 e. The lowest BCUT2D eigenvalue weighted by Crippen LogP contribution is -2.29. The van der Waals surface area contributed by atoms with E-state index in [9.17, 15) is 4.79 Å². The molecule has 0 radical (unpaired) electrons. The summed E-state index contributed by atoms with van der Waals surface area (Å²) < 4.78 is 5.65. The van der Waals surface area contributed by atoms with Crippen molar-refractivity contribution in [3.8, 4) is 5.75 Å². The summed E-state index contributed by atoms with van der Waals surface area (Å²) >= 11 is 1.47. The quantitative estimate of drug-likeness (QED) is 0.819. The number of nitrogens with zero attached hydrogens (tertiary/aromatic N) is 2. The molecule has 1 amide bonds. The van der Waals surface area contributed by atoms with Crippen LogP contribution in [0.4, 0.5) is 5.13 Å². The van der Waals surface area contributed by atoms with Crippen LogP contribution in [0.25, 0.3) is 0 Å². The van der Waals surface area contributed by atoms with E-state index in [0.29, 0.717) is 5.13 Å². The number of thiazole rings is 1. The first-order chi connectivity index (χ1) is 12.2. The largest absolute Gasteiger partial charge is 0.483 e. The number of anilines is 1. The average molecular weight is 359 g/mol. The molecule has 0 spiro atoms. The molecule has 134 valence electrons. The molecule has 0 atom stereocenters. The van der Waals surface area contributed by atoms with E-state index in [0.717, 1.165) is 43.1 Å². The summed E-state index contributed by atoms with van der Waals surface area (Å²) in [6.07, 6.45) is 4.74. The Morgan fingerprint density at radius 2 is 2.08 bits per heavy atom. The molecule has 0 saturated carbocycles. The number of carbonyl (C=O) groups excluding carboxylic acids is 1. The zero-order chi connectivity index (χ0) is 17.5. The monoisotopic (exact) mass is 359 g/mol. The number of likely N-dealkylation sites (tertiary alicyclic amines) is 1. The molecule has 2 heterocycles. The van der Waals surface area contributed by atoms with Crippen LogP contribution >= 0.6 is 11.3 Å². The lowest BCUT2D eigenvalue weighted by molar-refractivity contribution is -0.118. The summed E-state index contributed by atoms with van der Waals surface area (Å²) in [5.74, 6) is 0.592. The fraction of sp³-hybridized carbons (Fsp3) is 0.474. The number of nitrogens with one attached hydrogen (secondary N) is 1. The molecule has 0 unspecified atom stereocenters. The maximum absolute atomic E-state index is 12.1. The number of aryl methyl sites for hydroxylation is 1. The maximum atomic E-state index is 12.1. The second-order valence-electron chi connectivity index (χ2n) is 6.28. The van der Waals surface area contributed by atoms with Gasteiger partial charge in [0.15, 0.2) is 11.7 Å². The molecule has 6 heteroatoms. The summed E-state index contributed by atoms with van der Waals surface area (Å²) in [5.41, 5.74) is 2.13. The molecule has 1 saturated heterocycles. The minimum Gasteiger partial charge on any atom is -0.483 e. The molecule has 1 aromatic carbocycles. The number of carbonyl (C=O) groups is 1. The van der Waals surface area contributed by atoms with Gasteiger partial charge in [-0.2, -0.15) is 0 Å². The van der Waals surface area contributed by atoms with Gasteiger partial charge < -0.3 is 4.74 Å². The van der Waals surface area contributed by atoms with Crippen LogP contribution in [0.15, 0.2) is 29.6 Å². The third kappa shape index (κ3) is 5.28. The SMILES string of the molecule is CCc1ccccc1OCC(=O)Nc1nc(CN2CCCCC2)cs1. The maximum Gasteiger partial charge on any atom is 0.264 e. The second-order valence-corrected chi connectivity index (χ2v) is 7.14. The van der Waals surface area contributed by atoms with E-state index < -0.39 is 0 Å². The van der Waals surface area contributed by atoms with Gasteiger partial charge in [0, 0.05) is 11.9 Å². The van der Waals surface area contributed by atoms with Gasteiger partial charge in [-0.05, 0) is 44.0 Å². The lowest BCUT2D eigenvalue weighted by Gasteiger charge is -2.25. The number of aromatic nitrogens is 1. The van der Waals surface area contributed by atoms with E-state index in [1.165, 1.54) is 30.6 Å². The van der Waals surface area contributed by atoms with Crippen molar-refractivity contribution in [3.63, 3.8) is 0 Å². The van der Waals surface area contributed by atoms with E-state index in [4.69, 9.17) is 4.74 Å². The molecule has 25 heavy (non-hydrogen) atoms. The Morgan fingerprint density at radius 3 is 2.88 bits per heavy atom. The fourth-order valence-corrected chi connectivity index (χ4v) is 3.74. The molecule has 3 rings (SSSR count). The molecule has 0 bridgehead atoms. The van der Waals surface area contributed by atoms with Crippen molar-refractivity contribution in [2.24, 2.45) is 0 Å². The second kappa shape index (κ2) is 8.97. The van der Waals surface area contributed by atoms with E-state index in [1.807, 2.05) is 29.6 Å². The van der Waals surface area contributed by atoms with Gasteiger partial charge in [-0.25, -0.2) is 4.98 Å². The number of ether oxygens (including phenoxy) is 1. The van der Waals surface area contributed by atoms with Gasteiger partial charge in [0.25, 0.3) is 5.91 Å². The number of rotatable bonds is 7. The Kier molecular flexibility index (Phi) is 6.42. The highest BCUT2D eigenvalue weighted by Crippen LogP contribution is 2.20. The van der Waals surface area contributed by atoms with Crippen LogP contribution in [0.1, 0.15) is 37.4 Å². The summed E-state index contributed by atoms with van der Waals surface area (Å²) in [7, 11) is 0. The van der Waals surface area contributed by atoms with Gasteiger partial charge in [0.05, 0.1) is 5.69 Å². The summed E-state index contributed by atoms with van der Waals surface area (Å²) in [6, 6.07) is 7.80. The van der Waals surface area contributed by atoms with Crippen LogP contribution < -0.4 is 10.1 Å². The highest BCUT2D eigenvalue weighted by Gasteiger charge is 2.13. The molecule has 0 aliphatic carbocycles. The van der Waals surface area contributed by atoms with Crippen molar-refractivity contribution in [1.29, 1.82) is 0 Å². The van der Waals surface area contributed by atoms with Crippen molar-refractivity contribution >= 4 is 22.4 Å². The first kappa shape index (κ1) is 17.9. The topological polar surface area (TPSA) is 54.5 Å². The molecule has 1 N–H and O–H groups in total. The fourth-order valence-electron chi connectivity index (χ4n) is 3.02. The lowest BCUT2D eigenvalue weighted by atomic mass is 10.1. The Bertz CT molecular complexity index is 695. The van der Waals surface area contributed by atoms with Crippen molar-refractivity contribution in [2.75, 3.05) is 25.0 Å². The summed E-state index contributed by atoms with van der Waals surface area (Å²) in [5, 5.41) is 5.50. The molecular weight excluding hydrogens is 334 g/mol. The molecule has 1 fully saturated rings. The van der Waals surface area contributed by atoms with Gasteiger partial charge >= 0.3 is 0 Å². The van der Waals surface area contributed by atoms with Gasteiger partial charge in [-0.1, -0.05) is 31.5 Å². The van der Waals surface area contributed by atoms with Crippen molar-refractivity contribution in [1.82, 2.24) is 9.88 Å². The van der Waals surface area contributed by atoms with E-state index in [2.05, 4.69) is 22.1 Å². The number of hydrogen-bond acceptors (Lipinski definition) is 5.